The van der Waals surface area contributed by atoms with Gasteiger partial charge in [0.1, 0.15) is 35.6 Å². The number of ketones is 1. The van der Waals surface area contributed by atoms with E-state index in [1.54, 1.807) is 0 Å². The third kappa shape index (κ3) is 23.4. The second kappa shape index (κ2) is 34.8. The van der Waals surface area contributed by atoms with Gasteiger partial charge in [0, 0.05) is 50.0 Å². The first-order valence-corrected chi connectivity index (χ1v) is 34.5. The zero-order chi connectivity index (χ0) is 68.3. The van der Waals surface area contributed by atoms with Crippen molar-refractivity contribution in [3.05, 3.63) is 48.6 Å². The molecular weight excluding hydrogens is 1200 g/mol. The molecule has 0 aliphatic heterocycles. The minimum atomic E-state index is -1.40. The van der Waals surface area contributed by atoms with Gasteiger partial charge in [-0.2, -0.15) is 0 Å². The van der Waals surface area contributed by atoms with Crippen LogP contribution in [0.1, 0.15) is 218 Å². The SMILES string of the molecule is CCC[C@H](NC(=O)CN(CC1CC1)C(=O)[C@@H](NC(=O)[C@@H](NC(=O)c1cnccn1)C1CCCCC1)C(C)(C)C)C(=O)C(=O)NC1CC1.CCC[C@H](NC(=O)CN(CC1CC1)C(=O)[C@@H](NC(=O)[C@@H](NC(=O)c1cnccn1)C1CCCCC1)C(C)(C)C)C(O)C(=O)NC1CC1. The van der Waals surface area contributed by atoms with Crippen molar-refractivity contribution in [1.82, 2.24) is 72.3 Å². The van der Waals surface area contributed by atoms with Crippen molar-refractivity contribution in [1.29, 1.82) is 0 Å². The Balaban J connectivity index is 0.000000266. The maximum absolute atomic E-state index is 14.3. The summed E-state index contributed by atoms with van der Waals surface area (Å²) in [6.07, 6.45) is 25.0. The van der Waals surface area contributed by atoms with E-state index in [1.807, 2.05) is 55.4 Å². The third-order valence-electron chi connectivity index (χ3n) is 18.3. The highest BCUT2D eigenvalue weighted by Crippen LogP contribution is 2.34. The van der Waals surface area contributed by atoms with Crippen LogP contribution in [0.5, 0.6) is 0 Å². The van der Waals surface area contributed by atoms with Crippen molar-refractivity contribution in [3.8, 4) is 0 Å². The van der Waals surface area contributed by atoms with Gasteiger partial charge < -0.3 is 57.4 Å². The van der Waals surface area contributed by atoms with Crippen molar-refractivity contribution < 1.29 is 57.8 Å². The molecule has 518 valence electrons. The summed E-state index contributed by atoms with van der Waals surface area (Å²) in [7, 11) is 0. The monoisotopic (exact) mass is 1310 g/mol. The number of aliphatic hydroxyl groups excluding tert-OH is 1. The van der Waals surface area contributed by atoms with E-state index >= 15 is 0 Å². The zero-order valence-corrected chi connectivity index (χ0v) is 56.5. The number of aromatic nitrogens is 4. The molecule has 94 heavy (non-hydrogen) atoms. The van der Waals surface area contributed by atoms with Crippen molar-refractivity contribution >= 4 is 64.9 Å². The molecule has 0 aromatic carbocycles. The molecule has 0 radical (unpaired) electrons. The molecule has 9 N–H and O–H groups in total. The van der Waals surface area contributed by atoms with Gasteiger partial charge in [-0.05, 0) is 124 Å². The minimum Gasteiger partial charge on any atom is -0.381 e. The summed E-state index contributed by atoms with van der Waals surface area (Å²) in [4.78, 5) is 166. The summed E-state index contributed by atoms with van der Waals surface area (Å²) in [6, 6.07) is -5.44. The highest BCUT2D eigenvalue weighted by Gasteiger charge is 2.44. The summed E-state index contributed by atoms with van der Waals surface area (Å²) >= 11 is 0. The number of Topliss-reactive ketones (excluding diaryl/α,β-unsaturated/α-hetero) is 1. The molecule has 8 rings (SSSR count). The summed E-state index contributed by atoms with van der Waals surface area (Å²) in [5.41, 5.74) is -1.27. The minimum absolute atomic E-state index is 0.0127. The number of amides is 10. The fraction of sp³-hybridized carbons (Fsp3) is 0.721. The lowest BCUT2D eigenvalue weighted by Gasteiger charge is -2.37. The van der Waals surface area contributed by atoms with Gasteiger partial charge >= 0.3 is 0 Å². The van der Waals surface area contributed by atoms with E-state index < -0.39 is 118 Å². The Hall–Kier alpha value is -7.51. The summed E-state index contributed by atoms with van der Waals surface area (Å²) in [5.74, 6) is -5.40. The van der Waals surface area contributed by atoms with Crippen LogP contribution in [0.3, 0.4) is 0 Å². The molecule has 6 fully saturated rings. The van der Waals surface area contributed by atoms with Gasteiger partial charge in [0.2, 0.25) is 41.2 Å². The first-order valence-electron chi connectivity index (χ1n) is 34.5. The van der Waals surface area contributed by atoms with E-state index in [0.717, 1.165) is 116 Å². The van der Waals surface area contributed by atoms with Gasteiger partial charge in [0.15, 0.2) is 6.10 Å². The fourth-order valence-corrected chi connectivity index (χ4v) is 12.2. The Bertz CT molecular complexity index is 2920. The van der Waals surface area contributed by atoms with Gasteiger partial charge in [0.05, 0.1) is 37.6 Å². The van der Waals surface area contributed by atoms with Gasteiger partial charge in [-0.25, -0.2) is 9.97 Å². The highest BCUT2D eigenvalue weighted by molar-refractivity contribution is 6.38. The molecule has 10 amide bonds. The van der Waals surface area contributed by atoms with E-state index in [1.165, 1.54) is 47.0 Å². The number of rotatable bonds is 32. The molecule has 6 aliphatic carbocycles. The number of hydrogen-bond acceptors (Lipinski definition) is 16. The number of aliphatic hydroxyl groups is 1. The largest absolute Gasteiger partial charge is 0.381 e. The average Bonchev–Trinajstić information content (AvgIpc) is 1.83. The van der Waals surface area contributed by atoms with Gasteiger partial charge in [-0.15, -0.1) is 0 Å². The van der Waals surface area contributed by atoms with Crippen LogP contribution >= 0.6 is 0 Å². The summed E-state index contributed by atoms with van der Waals surface area (Å²) in [5, 5.41) is 33.4. The summed E-state index contributed by atoms with van der Waals surface area (Å²) < 4.78 is 0. The molecule has 0 bridgehead atoms. The number of carbonyl (C=O) groups is 11. The molecule has 2 aromatic rings. The third-order valence-corrected chi connectivity index (χ3v) is 18.3. The summed E-state index contributed by atoms with van der Waals surface area (Å²) in [6.45, 7) is 14.9. The second-order valence-corrected chi connectivity index (χ2v) is 29.0. The standard InChI is InChI=1S/C34H53N7O6.C34H51N7O6/c2*1-5-9-24(28(43)32(46)37-23-14-15-23)38-26(42)20-41(19-21-12-13-21)33(47)29(34(2,3)4)40-31(45)27(22-10-7-6-8-11-22)39-30(44)25-18-35-16-17-36-25/h16-18,21-24,27-29,43H,5-15,19-20H2,1-4H3,(H,37,46)(H,38,42)(H,39,44)(H,40,45);16-18,21-24,27,29H,5-15,19-20H2,1-4H3,(H,37,46)(H,38,42)(H,39,44)(H,40,45)/t24-,27-,28?,29+;24-,27-,29+/m00/s1. The van der Waals surface area contributed by atoms with Crippen LogP contribution in [0.25, 0.3) is 0 Å². The lowest BCUT2D eigenvalue weighted by molar-refractivity contribution is -0.144. The highest BCUT2D eigenvalue weighted by atomic mass is 16.3. The molecule has 26 nitrogen and oxygen atoms in total. The lowest BCUT2D eigenvalue weighted by atomic mass is 9.82. The Morgan fingerprint density at radius 2 is 0.915 bits per heavy atom. The van der Waals surface area contributed by atoms with Crippen LogP contribution in [-0.4, -0.2) is 180 Å². The maximum atomic E-state index is 14.3. The van der Waals surface area contributed by atoms with Crippen molar-refractivity contribution in [2.24, 2.45) is 34.5 Å². The molecular formula is C68H104N14O12. The molecule has 1 unspecified atom stereocenters. The fourth-order valence-electron chi connectivity index (χ4n) is 12.2. The van der Waals surface area contributed by atoms with Gasteiger partial charge in [-0.1, -0.05) is 107 Å². The Kier molecular flexibility index (Phi) is 27.3. The zero-order valence-electron chi connectivity index (χ0n) is 56.5. The van der Waals surface area contributed by atoms with Crippen molar-refractivity contribution in [3.63, 3.8) is 0 Å². The van der Waals surface area contributed by atoms with Crippen molar-refractivity contribution in [2.45, 2.75) is 251 Å². The van der Waals surface area contributed by atoms with E-state index in [4.69, 9.17) is 0 Å². The first-order chi connectivity index (χ1) is 44.7. The van der Waals surface area contributed by atoms with Crippen molar-refractivity contribution in [2.75, 3.05) is 26.2 Å². The number of carbonyl (C=O) groups excluding carboxylic acids is 11. The second-order valence-electron chi connectivity index (χ2n) is 29.0. The number of hydrogen-bond donors (Lipinski definition) is 9. The van der Waals surface area contributed by atoms with E-state index in [2.05, 4.69) is 62.5 Å². The van der Waals surface area contributed by atoms with Crippen LogP contribution < -0.4 is 42.5 Å². The topological polar surface area (TPSA) is 362 Å². The molecule has 2 aromatic heterocycles. The molecule has 26 heteroatoms. The predicted octanol–water partition coefficient (Wildman–Crippen LogP) is 3.91. The van der Waals surface area contributed by atoms with E-state index in [0.29, 0.717) is 38.8 Å². The molecule has 7 atom stereocenters. The quantitative estimate of drug-likeness (QED) is 0.0469. The van der Waals surface area contributed by atoms with Gasteiger partial charge in [-0.3, -0.25) is 62.7 Å². The average molecular weight is 1310 g/mol. The molecule has 6 aliphatic rings. The first kappa shape index (κ1) is 73.9. The molecule has 0 spiro atoms. The normalized spacial score (nSPS) is 19.0. The molecule has 0 saturated heterocycles. The Morgan fingerprint density at radius 3 is 1.29 bits per heavy atom. The lowest BCUT2D eigenvalue weighted by Crippen LogP contribution is -2.61. The number of nitrogens with zero attached hydrogens (tertiary/aromatic N) is 6. The Morgan fingerprint density at radius 1 is 0.500 bits per heavy atom. The van der Waals surface area contributed by atoms with Crippen LogP contribution in [0, 0.1) is 34.5 Å². The molecule has 6 saturated carbocycles. The molecule has 2 heterocycles. The van der Waals surface area contributed by atoms with Crippen LogP contribution in [0.2, 0.25) is 0 Å². The maximum Gasteiger partial charge on any atom is 0.289 e. The van der Waals surface area contributed by atoms with Gasteiger partial charge in [0.25, 0.3) is 23.6 Å². The smallest absolute Gasteiger partial charge is 0.289 e. The van der Waals surface area contributed by atoms with E-state index in [9.17, 15) is 57.8 Å². The van der Waals surface area contributed by atoms with Crippen LogP contribution in [0.15, 0.2) is 37.2 Å². The predicted molar refractivity (Wildman–Crippen MR) is 348 cm³/mol. The van der Waals surface area contributed by atoms with Crippen LogP contribution in [-0.2, 0) is 43.2 Å². The van der Waals surface area contributed by atoms with Crippen LogP contribution in [0.4, 0.5) is 0 Å². The van der Waals surface area contributed by atoms with E-state index in [-0.39, 0.29) is 60.2 Å². The number of nitrogens with one attached hydrogen (secondary N) is 8. The Labute approximate surface area is 553 Å².